The van der Waals surface area contributed by atoms with E-state index in [9.17, 15) is 5.02 Å². The molecule has 1 heterocycles. The maximum absolute atomic E-state index is 9.89. The van der Waals surface area contributed by atoms with Crippen molar-refractivity contribution in [1.29, 1.82) is 0 Å². The molecule has 5 heteroatoms. The first-order valence-corrected chi connectivity index (χ1v) is 5.40. The van der Waals surface area contributed by atoms with Crippen molar-refractivity contribution >= 4 is 18.4 Å². The van der Waals surface area contributed by atoms with Gasteiger partial charge >= 0.3 is 7.12 Å². The Morgan fingerprint density at radius 2 is 2.06 bits per heavy atom. The van der Waals surface area contributed by atoms with Crippen molar-refractivity contribution in [3.63, 3.8) is 0 Å². The lowest BCUT2D eigenvalue weighted by Crippen LogP contribution is -2.44. The van der Waals surface area contributed by atoms with Gasteiger partial charge in [-0.1, -0.05) is 19.9 Å². The number of nitrogen functional groups attached to an aromatic ring is 1. The first-order chi connectivity index (χ1) is 7.33. The number of rotatable bonds is 4. The summed E-state index contributed by atoms with van der Waals surface area (Å²) >= 11 is 0. The van der Waals surface area contributed by atoms with Gasteiger partial charge in [-0.3, -0.25) is 0 Å². The quantitative estimate of drug-likeness (QED) is 0.739. The van der Waals surface area contributed by atoms with Crippen LogP contribution in [0, 0.1) is 5.92 Å². The Kier molecular flexibility index (Phi) is 3.94. The number of nitrogens with two attached hydrogens (primary N) is 1. The highest BCUT2D eigenvalue weighted by atomic mass is 16.5. The molecule has 0 radical (unpaired) electrons. The third-order valence-electron chi connectivity index (χ3n) is 2.90. The van der Waals surface area contributed by atoms with Gasteiger partial charge in [0.25, 0.3) is 0 Å². The van der Waals surface area contributed by atoms with Gasteiger partial charge in [0.15, 0.2) is 0 Å². The van der Waals surface area contributed by atoms with Gasteiger partial charge < -0.3 is 15.4 Å². The molecule has 0 spiro atoms. The summed E-state index contributed by atoms with van der Waals surface area (Å²) in [6, 6.07) is 3.35. The molecule has 0 aliphatic rings. The molecule has 4 nitrogen and oxygen atoms in total. The first-order valence-electron chi connectivity index (χ1n) is 5.40. The molecule has 88 valence electrons. The Morgan fingerprint density at radius 3 is 2.50 bits per heavy atom. The molecule has 0 unspecified atom stereocenters. The lowest BCUT2D eigenvalue weighted by atomic mass is 9.78. The Balaban J connectivity index is 2.72. The summed E-state index contributed by atoms with van der Waals surface area (Å²) < 4.78 is 5.60. The largest absolute Gasteiger partial charge is 0.493 e. The third kappa shape index (κ3) is 3.22. The highest BCUT2D eigenvalue weighted by Crippen LogP contribution is 2.20. The Bertz CT molecular complexity index is 338. The van der Waals surface area contributed by atoms with Crippen molar-refractivity contribution in [1.82, 2.24) is 4.98 Å². The number of nitrogens with zero attached hydrogens (tertiary/aromatic N) is 1. The smallest absolute Gasteiger partial charge is 0.423 e. The number of aromatic nitrogens is 1. The van der Waals surface area contributed by atoms with Crippen molar-refractivity contribution in [2.75, 3.05) is 5.73 Å². The van der Waals surface area contributed by atoms with E-state index < -0.39 is 7.12 Å². The minimum Gasteiger partial charge on any atom is -0.423 e. The molecule has 0 bridgehead atoms. The van der Waals surface area contributed by atoms with Gasteiger partial charge in [-0.15, -0.1) is 0 Å². The van der Waals surface area contributed by atoms with Crippen LogP contribution in [0.4, 0.5) is 5.82 Å². The van der Waals surface area contributed by atoms with E-state index >= 15 is 0 Å². The van der Waals surface area contributed by atoms with Gasteiger partial charge in [0.1, 0.15) is 5.82 Å². The van der Waals surface area contributed by atoms with Gasteiger partial charge in [-0.05, 0) is 25.8 Å². The summed E-state index contributed by atoms with van der Waals surface area (Å²) in [7, 11) is -0.967. The number of hydrogen-bond donors (Lipinski definition) is 2. The van der Waals surface area contributed by atoms with Gasteiger partial charge in [-0.2, -0.15) is 0 Å². The predicted octanol–water partition coefficient (Wildman–Crippen LogP) is 0.802. The fourth-order valence-electron chi connectivity index (χ4n) is 1.05. The molecule has 1 aromatic heterocycles. The second-order valence-corrected chi connectivity index (χ2v) is 4.74. The normalized spacial score (nSPS) is 11.9. The maximum Gasteiger partial charge on any atom is 0.493 e. The Morgan fingerprint density at radius 1 is 1.44 bits per heavy atom. The zero-order valence-electron chi connectivity index (χ0n) is 10.3. The zero-order valence-corrected chi connectivity index (χ0v) is 10.3. The molecule has 0 fully saturated rings. The van der Waals surface area contributed by atoms with E-state index in [1.165, 1.54) is 6.20 Å². The fourth-order valence-corrected chi connectivity index (χ4v) is 1.05. The summed E-state index contributed by atoms with van der Waals surface area (Å²) in [5, 5.41) is 9.89. The van der Waals surface area contributed by atoms with E-state index in [1.807, 2.05) is 27.7 Å². The van der Waals surface area contributed by atoms with Crippen LogP contribution in [0.25, 0.3) is 0 Å². The topological polar surface area (TPSA) is 68.4 Å². The highest BCUT2D eigenvalue weighted by molar-refractivity contribution is 6.60. The van der Waals surface area contributed by atoms with E-state index in [-0.39, 0.29) is 5.60 Å². The van der Waals surface area contributed by atoms with Crippen LogP contribution in [0.5, 0.6) is 0 Å². The lowest BCUT2D eigenvalue weighted by Gasteiger charge is -2.31. The van der Waals surface area contributed by atoms with Crippen LogP contribution in [0.3, 0.4) is 0 Å². The van der Waals surface area contributed by atoms with E-state index in [0.29, 0.717) is 17.2 Å². The Labute approximate surface area is 97.0 Å². The zero-order chi connectivity index (χ0) is 12.3. The monoisotopic (exact) mass is 222 g/mol. The van der Waals surface area contributed by atoms with E-state index in [0.717, 1.165) is 0 Å². The molecular weight excluding hydrogens is 203 g/mol. The highest BCUT2D eigenvalue weighted by Gasteiger charge is 2.30. The molecule has 0 saturated heterocycles. The number of anilines is 1. The van der Waals surface area contributed by atoms with Crippen LogP contribution < -0.4 is 11.2 Å². The molecule has 0 saturated carbocycles. The first kappa shape index (κ1) is 13.0. The number of hydrogen-bond acceptors (Lipinski definition) is 4. The third-order valence-corrected chi connectivity index (χ3v) is 2.90. The van der Waals surface area contributed by atoms with Gasteiger partial charge in [0.2, 0.25) is 0 Å². The summed E-state index contributed by atoms with van der Waals surface area (Å²) in [5.41, 5.74) is 5.69. The van der Waals surface area contributed by atoms with Crippen LogP contribution in [0.2, 0.25) is 0 Å². The standard InChI is InChI=1S/C11H19BN2O2/c1-8(2)11(3,4)16-12(15)9-5-6-10(13)14-7-9/h5-8,15H,1-4H3,(H2,13,14). The molecule has 0 aromatic carbocycles. The van der Waals surface area contributed by atoms with E-state index in [2.05, 4.69) is 4.98 Å². The molecular formula is C11H19BN2O2. The molecule has 1 rings (SSSR count). The SMILES string of the molecule is CC(C)C(C)(C)OB(O)c1ccc(N)nc1. The van der Waals surface area contributed by atoms with E-state index in [1.54, 1.807) is 12.1 Å². The number of pyridine rings is 1. The van der Waals surface area contributed by atoms with Crippen LogP contribution >= 0.6 is 0 Å². The molecule has 3 N–H and O–H groups in total. The van der Waals surface area contributed by atoms with Gasteiger partial charge in [0.05, 0.1) is 5.60 Å². The van der Waals surface area contributed by atoms with Crippen LogP contribution in [-0.2, 0) is 4.65 Å². The van der Waals surface area contributed by atoms with E-state index in [4.69, 9.17) is 10.4 Å². The van der Waals surface area contributed by atoms with Crippen LogP contribution in [0.15, 0.2) is 18.3 Å². The Hall–Kier alpha value is -1.07. The van der Waals surface area contributed by atoms with Gasteiger partial charge in [0, 0.05) is 11.7 Å². The average Bonchev–Trinajstić information content (AvgIpc) is 2.17. The average molecular weight is 222 g/mol. The van der Waals surface area contributed by atoms with Crippen molar-refractivity contribution in [3.05, 3.63) is 18.3 Å². The summed E-state index contributed by atoms with van der Waals surface area (Å²) in [6.07, 6.45) is 1.52. The summed E-state index contributed by atoms with van der Waals surface area (Å²) in [5.74, 6) is 0.739. The van der Waals surface area contributed by atoms with Crippen LogP contribution in [-0.4, -0.2) is 22.7 Å². The minimum atomic E-state index is -0.967. The lowest BCUT2D eigenvalue weighted by molar-refractivity contribution is 0.0423. The maximum atomic E-state index is 9.89. The molecule has 16 heavy (non-hydrogen) atoms. The molecule has 0 aliphatic heterocycles. The predicted molar refractivity (Wildman–Crippen MR) is 66.3 cm³/mol. The molecule has 1 aromatic rings. The van der Waals surface area contributed by atoms with Gasteiger partial charge in [-0.25, -0.2) is 4.98 Å². The minimum absolute atomic E-state index is 0.309. The second-order valence-electron chi connectivity index (χ2n) is 4.74. The van der Waals surface area contributed by atoms with Crippen molar-refractivity contribution < 1.29 is 9.68 Å². The van der Waals surface area contributed by atoms with Crippen molar-refractivity contribution in [2.24, 2.45) is 5.92 Å². The van der Waals surface area contributed by atoms with Crippen molar-refractivity contribution in [2.45, 2.75) is 33.3 Å². The van der Waals surface area contributed by atoms with Crippen LogP contribution in [0.1, 0.15) is 27.7 Å². The molecule has 0 atom stereocenters. The molecule has 0 amide bonds. The summed E-state index contributed by atoms with van der Waals surface area (Å²) in [6.45, 7) is 8.00. The second kappa shape index (κ2) is 4.85. The fraction of sp³-hybridized carbons (Fsp3) is 0.545. The molecule has 0 aliphatic carbocycles. The summed E-state index contributed by atoms with van der Waals surface area (Å²) in [4.78, 5) is 3.91. The van der Waals surface area contributed by atoms with Crippen molar-refractivity contribution in [3.8, 4) is 0 Å².